The van der Waals surface area contributed by atoms with Gasteiger partial charge in [0.1, 0.15) is 29.8 Å². The fourth-order valence-electron chi connectivity index (χ4n) is 2.55. The Hall–Kier alpha value is -0.340. The fourth-order valence-corrected chi connectivity index (χ4v) is 3.75. The molecule has 0 aliphatic carbocycles. The molecule has 116 valence electrons. The maximum absolute atomic E-state index is 10.2. The lowest BCUT2D eigenvalue weighted by atomic mass is 9.89. The van der Waals surface area contributed by atoms with Gasteiger partial charge in [0.25, 0.3) is 0 Å². The van der Waals surface area contributed by atoms with Crippen molar-refractivity contribution >= 4 is 16.9 Å². The summed E-state index contributed by atoms with van der Waals surface area (Å²) in [5, 5.41) is 31.2. The van der Waals surface area contributed by atoms with Crippen LogP contribution >= 0.6 is 11.8 Å². The summed E-state index contributed by atoms with van der Waals surface area (Å²) in [6, 6.07) is -0.483. The second-order valence-corrected chi connectivity index (χ2v) is 7.07. The summed E-state index contributed by atoms with van der Waals surface area (Å²) in [5.74, 6) is 0. The molecular weight excluding hydrogens is 280 g/mol. The van der Waals surface area contributed by atoms with E-state index < -0.39 is 30.0 Å². The van der Waals surface area contributed by atoms with E-state index in [1.54, 1.807) is 13.8 Å². The standard InChI is InChI=1S/C13H24N2O4S/c1-5-6-15(4)12-14-7-8(16)9(17)10(13(2,3)18)19-11(7)20-12/h7-11,16-18H,5-6H2,1-4H3/t7-,8?,9+,10?,11-/m1/s1. The van der Waals surface area contributed by atoms with E-state index in [-0.39, 0.29) is 5.44 Å². The Bertz CT molecular complexity index is 385. The zero-order chi connectivity index (χ0) is 15.1. The zero-order valence-corrected chi connectivity index (χ0v) is 13.2. The molecule has 0 aromatic carbocycles. The minimum absolute atomic E-state index is 0.362. The number of thioether (sulfide) groups is 1. The van der Waals surface area contributed by atoms with Crippen molar-refractivity contribution in [2.45, 2.75) is 62.6 Å². The van der Waals surface area contributed by atoms with Gasteiger partial charge in [-0.15, -0.1) is 0 Å². The third-order valence-electron chi connectivity index (χ3n) is 3.63. The number of amidine groups is 1. The third-order valence-corrected chi connectivity index (χ3v) is 4.88. The molecule has 0 radical (unpaired) electrons. The van der Waals surface area contributed by atoms with Crippen LogP contribution in [-0.2, 0) is 4.74 Å². The van der Waals surface area contributed by atoms with Crippen molar-refractivity contribution < 1.29 is 20.1 Å². The summed E-state index contributed by atoms with van der Waals surface area (Å²) in [7, 11) is 1.95. The first kappa shape index (κ1) is 16.0. The van der Waals surface area contributed by atoms with Crippen molar-refractivity contribution in [2.75, 3.05) is 13.6 Å². The van der Waals surface area contributed by atoms with E-state index in [0.717, 1.165) is 18.1 Å². The number of nitrogens with zero attached hydrogens (tertiary/aromatic N) is 2. The van der Waals surface area contributed by atoms with Crippen LogP contribution in [0.25, 0.3) is 0 Å². The maximum Gasteiger partial charge on any atom is 0.162 e. The Morgan fingerprint density at radius 3 is 2.55 bits per heavy atom. The number of fused-ring (bicyclic) bond motifs is 1. The van der Waals surface area contributed by atoms with Gasteiger partial charge >= 0.3 is 0 Å². The van der Waals surface area contributed by atoms with Crippen LogP contribution in [0.2, 0.25) is 0 Å². The van der Waals surface area contributed by atoms with Gasteiger partial charge in [-0.25, -0.2) is 0 Å². The Morgan fingerprint density at radius 2 is 2.00 bits per heavy atom. The minimum atomic E-state index is -1.22. The first-order valence-electron chi connectivity index (χ1n) is 6.95. The fraction of sp³-hybridized carbons (Fsp3) is 0.923. The molecule has 2 heterocycles. The molecule has 0 spiro atoms. The summed E-state index contributed by atoms with van der Waals surface area (Å²) >= 11 is 1.44. The van der Waals surface area contributed by atoms with Crippen molar-refractivity contribution in [3.8, 4) is 0 Å². The van der Waals surface area contributed by atoms with Crippen LogP contribution in [0.3, 0.4) is 0 Å². The highest BCUT2D eigenvalue weighted by Crippen LogP contribution is 2.39. The average Bonchev–Trinajstić information content (AvgIpc) is 2.77. The van der Waals surface area contributed by atoms with E-state index in [0.29, 0.717) is 0 Å². The molecule has 2 rings (SSSR count). The predicted molar refractivity (Wildman–Crippen MR) is 78.7 cm³/mol. The van der Waals surface area contributed by atoms with Crippen molar-refractivity contribution in [1.29, 1.82) is 0 Å². The SMILES string of the molecule is CCCN(C)C1=N[C@@H]2C(O)[C@H](O)C(C(C)(C)O)O[C@@H]2S1. The quantitative estimate of drug-likeness (QED) is 0.681. The summed E-state index contributed by atoms with van der Waals surface area (Å²) < 4.78 is 5.78. The van der Waals surface area contributed by atoms with Crippen molar-refractivity contribution in [3.05, 3.63) is 0 Å². The monoisotopic (exact) mass is 304 g/mol. The lowest BCUT2D eigenvalue weighted by molar-refractivity contribution is -0.208. The highest BCUT2D eigenvalue weighted by molar-refractivity contribution is 8.14. The molecule has 6 nitrogen and oxygen atoms in total. The van der Waals surface area contributed by atoms with E-state index in [9.17, 15) is 15.3 Å². The molecule has 2 aliphatic heterocycles. The van der Waals surface area contributed by atoms with Crippen LogP contribution in [0.4, 0.5) is 0 Å². The zero-order valence-electron chi connectivity index (χ0n) is 12.4. The predicted octanol–water partition coefficient (Wildman–Crippen LogP) is 0.0172. The number of hydrogen-bond donors (Lipinski definition) is 3. The summed E-state index contributed by atoms with van der Waals surface area (Å²) in [6.07, 6.45) is -1.98. The van der Waals surface area contributed by atoms with Crippen LogP contribution in [0.1, 0.15) is 27.2 Å². The largest absolute Gasteiger partial charge is 0.388 e. The van der Waals surface area contributed by atoms with Crippen molar-refractivity contribution in [1.82, 2.24) is 4.90 Å². The Labute approximate surface area is 123 Å². The normalized spacial score (nSPS) is 37.5. The lowest BCUT2D eigenvalue weighted by Gasteiger charge is -2.43. The highest BCUT2D eigenvalue weighted by atomic mass is 32.2. The van der Waals surface area contributed by atoms with Crippen LogP contribution in [0.5, 0.6) is 0 Å². The Morgan fingerprint density at radius 1 is 1.35 bits per heavy atom. The molecule has 0 bridgehead atoms. The van der Waals surface area contributed by atoms with Crippen LogP contribution in [0, 0.1) is 0 Å². The lowest BCUT2D eigenvalue weighted by Crippen LogP contribution is -2.61. The van der Waals surface area contributed by atoms with Crippen LogP contribution in [-0.4, -0.2) is 74.4 Å². The maximum atomic E-state index is 10.2. The van der Waals surface area contributed by atoms with E-state index in [1.807, 2.05) is 11.9 Å². The Kier molecular flexibility index (Phi) is 4.66. The summed E-state index contributed by atoms with van der Waals surface area (Å²) in [5.41, 5.74) is -1.58. The van der Waals surface area contributed by atoms with Gasteiger partial charge in [0.05, 0.1) is 5.60 Å². The number of ether oxygens (including phenoxy) is 1. The minimum Gasteiger partial charge on any atom is -0.388 e. The molecule has 2 aliphatic rings. The molecule has 5 atom stereocenters. The molecule has 0 aromatic heterocycles. The molecular formula is C13H24N2O4S. The average molecular weight is 304 g/mol. The molecule has 2 unspecified atom stereocenters. The molecule has 0 amide bonds. The molecule has 0 saturated carbocycles. The topological polar surface area (TPSA) is 85.5 Å². The number of aliphatic imine (C=N–C) groups is 1. The molecule has 7 heteroatoms. The highest BCUT2D eigenvalue weighted by Gasteiger charge is 2.52. The first-order valence-corrected chi connectivity index (χ1v) is 7.83. The number of aliphatic hydroxyl groups excluding tert-OH is 2. The molecule has 20 heavy (non-hydrogen) atoms. The van der Waals surface area contributed by atoms with Gasteiger partial charge in [-0.3, -0.25) is 4.99 Å². The molecule has 0 aromatic rings. The van der Waals surface area contributed by atoms with Gasteiger partial charge < -0.3 is 25.0 Å². The summed E-state index contributed by atoms with van der Waals surface area (Å²) in [6.45, 7) is 6.10. The van der Waals surface area contributed by atoms with E-state index >= 15 is 0 Å². The van der Waals surface area contributed by atoms with Gasteiger partial charge in [0.15, 0.2) is 5.17 Å². The van der Waals surface area contributed by atoms with Gasteiger partial charge in [-0.05, 0) is 20.3 Å². The second-order valence-electron chi connectivity index (χ2n) is 6.00. The van der Waals surface area contributed by atoms with Crippen molar-refractivity contribution in [2.24, 2.45) is 4.99 Å². The molecule has 3 N–H and O–H groups in total. The van der Waals surface area contributed by atoms with Gasteiger partial charge in [0, 0.05) is 13.6 Å². The van der Waals surface area contributed by atoms with E-state index in [4.69, 9.17) is 4.74 Å². The van der Waals surface area contributed by atoms with Crippen LogP contribution < -0.4 is 0 Å². The number of hydrogen-bond acceptors (Lipinski definition) is 7. The van der Waals surface area contributed by atoms with E-state index in [2.05, 4.69) is 11.9 Å². The smallest absolute Gasteiger partial charge is 0.162 e. The molecule has 1 saturated heterocycles. The summed E-state index contributed by atoms with van der Waals surface area (Å²) in [4.78, 5) is 6.48. The number of aliphatic hydroxyl groups is 3. The number of rotatable bonds is 3. The van der Waals surface area contributed by atoms with Gasteiger partial charge in [-0.1, -0.05) is 18.7 Å². The molecule has 1 fully saturated rings. The van der Waals surface area contributed by atoms with Gasteiger partial charge in [0.2, 0.25) is 0 Å². The van der Waals surface area contributed by atoms with Crippen molar-refractivity contribution in [3.63, 3.8) is 0 Å². The third kappa shape index (κ3) is 2.96. The van der Waals surface area contributed by atoms with Gasteiger partial charge in [-0.2, -0.15) is 0 Å². The first-order chi connectivity index (χ1) is 9.25. The second kappa shape index (κ2) is 5.81. The Balaban J connectivity index is 2.13. The van der Waals surface area contributed by atoms with Crippen LogP contribution in [0.15, 0.2) is 4.99 Å². The van der Waals surface area contributed by atoms with E-state index in [1.165, 1.54) is 11.8 Å².